The maximum Gasteiger partial charge on any atom is 0.191 e. The first-order valence-electron chi connectivity index (χ1n) is 11.8. The van der Waals surface area contributed by atoms with Crippen molar-refractivity contribution in [3.63, 3.8) is 0 Å². The van der Waals surface area contributed by atoms with Crippen LogP contribution in [0.2, 0.25) is 0 Å². The summed E-state index contributed by atoms with van der Waals surface area (Å²) in [6, 6.07) is 9.21. The lowest BCUT2D eigenvalue weighted by Gasteiger charge is -2.35. The monoisotopic (exact) mass is 559 g/mol. The Hall–Kier alpha value is -1.10. The van der Waals surface area contributed by atoms with Gasteiger partial charge in [0.05, 0.1) is 26.4 Å². The molecule has 3 rings (SSSR count). The zero-order valence-electron chi connectivity index (χ0n) is 20.2. The molecule has 0 radical (unpaired) electrons. The SMILES string of the molecule is CN=C(NCC(c1ccc(OC)cc1)N1CCOCC1)NCC(C(C)C)N1CCCC1.I. The number of hydrogen-bond acceptors (Lipinski definition) is 5. The molecule has 32 heavy (non-hydrogen) atoms. The molecule has 1 aromatic rings. The Morgan fingerprint density at radius 1 is 1.00 bits per heavy atom. The third-order valence-electron chi connectivity index (χ3n) is 6.53. The second-order valence-electron chi connectivity index (χ2n) is 8.83. The molecule has 1 aromatic carbocycles. The van der Waals surface area contributed by atoms with Crippen LogP contribution in [0, 0.1) is 5.92 Å². The van der Waals surface area contributed by atoms with Gasteiger partial charge in [-0.1, -0.05) is 26.0 Å². The van der Waals surface area contributed by atoms with Crippen molar-refractivity contribution in [2.24, 2.45) is 10.9 Å². The minimum atomic E-state index is 0. The predicted octanol–water partition coefficient (Wildman–Crippen LogP) is 2.97. The number of methoxy groups -OCH3 is 1. The number of morpholine rings is 1. The zero-order chi connectivity index (χ0) is 22.1. The van der Waals surface area contributed by atoms with Gasteiger partial charge in [0, 0.05) is 39.3 Å². The Bertz CT molecular complexity index is 673. The van der Waals surface area contributed by atoms with Gasteiger partial charge in [0.15, 0.2) is 5.96 Å². The number of nitrogens with one attached hydrogen (secondary N) is 2. The quantitative estimate of drug-likeness (QED) is 0.276. The van der Waals surface area contributed by atoms with Crippen LogP contribution in [0.5, 0.6) is 5.75 Å². The van der Waals surface area contributed by atoms with Crippen molar-refractivity contribution < 1.29 is 9.47 Å². The number of likely N-dealkylation sites (tertiary alicyclic amines) is 1. The highest BCUT2D eigenvalue weighted by atomic mass is 127. The molecule has 0 amide bonds. The van der Waals surface area contributed by atoms with Crippen molar-refractivity contribution in [2.75, 3.05) is 66.6 Å². The Balaban J connectivity index is 0.00000363. The first kappa shape index (κ1) is 27.1. The maximum atomic E-state index is 5.58. The van der Waals surface area contributed by atoms with Gasteiger partial charge in [0.1, 0.15) is 5.75 Å². The van der Waals surface area contributed by atoms with E-state index < -0.39 is 0 Å². The third-order valence-corrected chi connectivity index (χ3v) is 6.53. The summed E-state index contributed by atoms with van der Waals surface area (Å²) in [6.07, 6.45) is 2.64. The van der Waals surface area contributed by atoms with Crippen LogP contribution < -0.4 is 15.4 Å². The summed E-state index contributed by atoms with van der Waals surface area (Å²) in [6.45, 7) is 12.2. The fraction of sp³-hybridized carbons (Fsp3) is 0.708. The fourth-order valence-electron chi connectivity index (χ4n) is 4.65. The van der Waals surface area contributed by atoms with Crippen molar-refractivity contribution in [3.05, 3.63) is 29.8 Å². The third kappa shape index (κ3) is 7.74. The van der Waals surface area contributed by atoms with Gasteiger partial charge < -0.3 is 20.1 Å². The van der Waals surface area contributed by atoms with Gasteiger partial charge in [-0.15, -0.1) is 24.0 Å². The molecule has 0 aliphatic carbocycles. The van der Waals surface area contributed by atoms with E-state index in [1.165, 1.54) is 31.5 Å². The molecule has 2 aliphatic rings. The Morgan fingerprint density at radius 3 is 2.19 bits per heavy atom. The molecule has 7 nitrogen and oxygen atoms in total. The molecular formula is C24H42IN5O2. The van der Waals surface area contributed by atoms with E-state index >= 15 is 0 Å². The van der Waals surface area contributed by atoms with Gasteiger partial charge >= 0.3 is 0 Å². The van der Waals surface area contributed by atoms with E-state index in [1.54, 1.807) is 7.11 Å². The number of nitrogens with zero attached hydrogens (tertiary/aromatic N) is 3. The van der Waals surface area contributed by atoms with Crippen LogP contribution in [0.25, 0.3) is 0 Å². The Morgan fingerprint density at radius 2 is 1.62 bits per heavy atom. The molecule has 0 bridgehead atoms. The van der Waals surface area contributed by atoms with E-state index in [-0.39, 0.29) is 30.0 Å². The van der Waals surface area contributed by atoms with Gasteiger partial charge in [0.2, 0.25) is 0 Å². The lowest BCUT2D eigenvalue weighted by atomic mass is 10.0. The molecule has 182 valence electrons. The largest absolute Gasteiger partial charge is 0.497 e. The lowest BCUT2D eigenvalue weighted by molar-refractivity contribution is 0.0170. The van der Waals surface area contributed by atoms with Crippen LogP contribution in [-0.2, 0) is 4.74 Å². The van der Waals surface area contributed by atoms with Crippen LogP contribution >= 0.6 is 24.0 Å². The summed E-state index contributed by atoms with van der Waals surface area (Å²) in [4.78, 5) is 9.61. The van der Waals surface area contributed by atoms with Crippen LogP contribution in [0.4, 0.5) is 0 Å². The minimum absolute atomic E-state index is 0. The van der Waals surface area contributed by atoms with E-state index in [4.69, 9.17) is 9.47 Å². The number of ether oxygens (including phenoxy) is 2. The van der Waals surface area contributed by atoms with E-state index in [9.17, 15) is 0 Å². The van der Waals surface area contributed by atoms with Crippen molar-refractivity contribution in [1.29, 1.82) is 0 Å². The second-order valence-corrected chi connectivity index (χ2v) is 8.83. The highest BCUT2D eigenvalue weighted by Gasteiger charge is 2.26. The highest BCUT2D eigenvalue weighted by molar-refractivity contribution is 14.0. The molecule has 2 atom stereocenters. The van der Waals surface area contributed by atoms with Crippen LogP contribution in [0.15, 0.2) is 29.3 Å². The molecule has 2 aliphatic heterocycles. The Kier molecular flexibility index (Phi) is 12.1. The van der Waals surface area contributed by atoms with E-state index in [2.05, 4.69) is 51.4 Å². The van der Waals surface area contributed by atoms with Crippen LogP contribution in [0.3, 0.4) is 0 Å². The van der Waals surface area contributed by atoms with Crippen LogP contribution in [-0.4, -0.2) is 88.4 Å². The number of benzene rings is 1. The molecule has 8 heteroatoms. The standard InChI is InChI=1S/C24H41N5O2.HI/c1-19(2)22(28-11-5-6-12-28)17-26-24(25-3)27-18-23(29-13-15-31-16-14-29)20-7-9-21(30-4)10-8-20;/h7-10,19,22-23H,5-6,11-18H2,1-4H3,(H2,25,26,27);1H. The van der Waals surface area contributed by atoms with Gasteiger partial charge in [-0.25, -0.2) is 0 Å². The average molecular weight is 560 g/mol. The summed E-state index contributed by atoms with van der Waals surface area (Å²) >= 11 is 0. The molecule has 2 unspecified atom stereocenters. The first-order valence-corrected chi connectivity index (χ1v) is 11.8. The van der Waals surface area contributed by atoms with Crippen molar-refractivity contribution in [1.82, 2.24) is 20.4 Å². The minimum Gasteiger partial charge on any atom is -0.497 e. The van der Waals surface area contributed by atoms with E-state index in [0.717, 1.165) is 51.1 Å². The van der Waals surface area contributed by atoms with E-state index in [1.807, 2.05) is 19.2 Å². The number of rotatable bonds is 9. The molecule has 2 fully saturated rings. The number of guanidine groups is 1. The smallest absolute Gasteiger partial charge is 0.191 e. The van der Waals surface area contributed by atoms with Crippen LogP contribution in [0.1, 0.15) is 38.3 Å². The summed E-state index contributed by atoms with van der Waals surface area (Å²) in [7, 11) is 3.56. The van der Waals surface area contributed by atoms with Gasteiger partial charge in [-0.2, -0.15) is 0 Å². The summed E-state index contributed by atoms with van der Waals surface area (Å²) in [5.74, 6) is 2.37. The van der Waals surface area contributed by atoms with Gasteiger partial charge in [-0.05, 0) is 49.5 Å². The average Bonchev–Trinajstić information content (AvgIpc) is 3.33. The lowest BCUT2D eigenvalue weighted by Crippen LogP contribution is -2.50. The maximum absolute atomic E-state index is 5.58. The normalized spacial score (nSPS) is 20.0. The molecular weight excluding hydrogens is 517 g/mol. The second kappa shape index (κ2) is 14.2. The fourth-order valence-corrected chi connectivity index (χ4v) is 4.65. The summed E-state index contributed by atoms with van der Waals surface area (Å²) < 4.78 is 10.9. The molecule has 0 spiro atoms. The topological polar surface area (TPSA) is 61.4 Å². The van der Waals surface area contributed by atoms with Crippen molar-refractivity contribution in [3.8, 4) is 5.75 Å². The van der Waals surface area contributed by atoms with Gasteiger partial charge in [0.25, 0.3) is 0 Å². The molecule has 2 saturated heterocycles. The zero-order valence-corrected chi connectivity index (χ0v) is 22.5. The highest BCUT2D eigenvalue weighted by Crippen LogP contribution is 2.24. The van der Waals surface area contributed by atoms with Crippen molar-refractivity contribution >= 4 is 29.9 Å². The van der Waals surface area contributed by atoms with E-state index in [0.29, 0.717) is 12.0 Å². The predicted molar refractivity (Wildman–Crippen MR) is 142 cm³/mol. The summed E-state index contributed by atoms with van der Waals surface area (Å²) in [5, 5.41) is 7.18. The Labute approximate surface area is 211 Å². The molecule has 0 saturated carbocycles. The van der Waals surface area contributed by atoms with Crippen molar-refractivity contribution in [2.45, 2.75) is 38.8 Å². The molecule has 0 aromatic heterocycles. The molecule has 2 heterocycles. The van der Waals surface area contributed by atoms with Gasteiger partial charge in [-0.3, -0.25) is 14.8 Å². The summed E-state index contributed by atoms with van der Waals surface area (Å²) in [5.41, 5.74) is 1.28. The molecule has 2 N–H and O–H groups in total. The number of hydrogen-bond donors (Lipinski definition) is 2. The first-order chi connectivity index (χ1) is 15.1. The number of aliphatic imine (C=N–C) groups is 1. The number of halogens is 1.